The molecule has 0 aliphatic carbocycles. The molecular weight excluding hydrogens is 256 g/mol. The molecule has 0 radical (unpaired) electrons. The van der Waals surface area contributed by atoms with E-state index in [1.807, 2.05) is 0 Å². The first-order valence-corrected chi connectivity index (χ1v) is 6.08. The molecule has 0 heterocycles. The van der Waals surface area contributed by atoms with Gasteiger partial charge in [0.25, 0.3) is 0 Å². The molecule has 5 nitrogen and oxygen atoms in total. The summed E-state index contributed by atoms with van der Waals surface area (Å²) in [5.41, 5.74) is 0. The third kappa shape index (κ3) is 2.61. The van der Waals surface area contributed by atoms with Crippen LogP contribution in [0.5, 0.6) is 23.0 Å². The second kappa shape index (κ2) is 4.67. The Morgan fingerprint density at radius 2 is 0.889 bits per heavy atom. The molecule has 2 rings (SSSR count). The van der Waals surface area contributed by atoms with Gasteiger partial charge in [-0.3, -0.25) is 0 Å². The van der Waals surface area contributed by atoms with Crippen LogP contribution in [0.1, 0.15) is 0 Å². The van der Waals surface area contributed by atoms with E-state index in [2.05, 4.69) is 0 Å². The normalized spacial score (nSPS) is 10.8. The largest absolute Gasteiger partial charge is 0.606 e. The van der Waals surface area contributed by atoms with Gasteiger partial charge in [0.1, 0.15) is 23.0 Å². The SMILES string of the molecule is [O-][S+](c1cc(O)cc(O)c1)c1cc(O)cc(O)c1. The summed E-state index contributed by atoms with van der Waals surface area (Å²) >= 11 is -1.73. The van der Waals surface area contributed by atoms with Crippen molar-refractivity contribution in [3.63, 3.8) is 0 Å². The molecule has 0 unspecified atom stereocenters. The van der Waals surface area contributed by atoms with Gasteiger partial charge in [0.2, 0.25) is 0 Å². The van der Waals surface area contributed by atoms with Crippen molar-refractivity contribution < 1.29 is 25.0 Å². The van der Waals surface area contributed by atoms with E-state index in [9.17, 15) is 25.0 Å². The fourth-order valence-electron chi connectivity index (χ4n) is 1.49. The highest BCUT2D eigenvalue weighted by Gasteiger charge is 2.18. The Morgan fingerprint density at radius 1 is 0.611 bits per heavy atom. The van der Waals surface area contributed by atoms with Gasteiger partial charge < -0.3 is 25.0 Å². The minimum absolute atomic E-state index is 0.164. The smallest absolute Gasteiger partial charge is 0.165 e. The predicted octanol–water partition coefficient (Wildman–Crippen LogP) is 1.68. The highest BCUT2D eigenvalue weighted by atomic mass is 32.2. The van der Waals surface area contributed by atoms with E-state index in [1.165, 1.54) is 24.3 Å². The molecule has 6 heteroatoms. The monoisotopic (exact) mass is 266 g/mol. The summed E-state index contributed by atoms with van der Waals surface area (Å²) in [5.74, 6) is -0.879. The maximum Gasteiger partial charge on any atom is 0.165 e. The summed E-state index contributed by atoms with van der Waals surface area (Å²) in [7, 11) is 0. The molecule has 0 fully saturated rings. The van der Waals surface area contributed by atoms with Crippen molar-refractivity contribution in [2.75, 3.05) is 0 Å². The van der Waals surface area contributed by atoms with E-state index in [0.717, 1.165) is 12.1 Å². The maximum atomic E-state index is 12.1. The van der Waals surface area contributed by atoms with Crippen LogP contribution in [0, 0.1) is 0 Å². The van der Waals surface area contributed by atoms with Crippen LogP contribution in [0.15, 0.2) is 46.2 Å². The lowest BCUT2D eigenvalue weighted by atomic mass is 10.3. The third-order valence-corrected chi connectivity index (χ3v) is 3.51. The first-order valence-electron chi connectivity index (χ1n) is 4.93. The molecule has 0 atom stereocenters. The van der Waals surface area contributed by atoms with Crippen molar-refractivity contribution in [2.24, 2.45) is 0 Å². The number of hydrogen-bond donors (Lipinski definition) is 4. The Hall–Kier alpha value is -2.05. The van der Waals surface area contributed by atoms with Crippen LogP contribution >= 0.6 is 0 Å². The lowest BCUT2D eigenvalue weighted by Crippen LogP contribution is -2.01. The minimum atomic E-state index is -1.73. The molecule has 0 aliphatic rings. The quantitative estimate of drug-likeness (QED) is 0.619. The average Bonchev–Trinajstić information content (AvgIpc) is 2.25. The van der Waals surface area contributed by atoms with Gasteiger partial charge in [-0.25, -0.2) is 0 Å². The van der Waals surface area contributed by atoms with Crippen molar-refractivity contribution in [2.45, 2.75) is 9.79 Å². The van der Waals surface area contributed by atoms with Crippen LogP contribution in [-0.2, 0) is 11.2 Å². The topological polar surface area (TPSA) is 104 Å². The van der Waals surface area contributed by atoms with Crippen LogP contribution in [0.4, 0.5) is 0 Å². The van der Waals surface area contributed by atoms with E-state index in [-0.39, 0.29) is 32.8 Å². The van der Waals surface area contributed by atoms with Crippen LogP contribution in [-0.4, -0.2) is 25.0 Å². The van der Waals surface area contributed by atoms with Crippen molar-refractivity contribution in [3.05, 3.63) is 36.4 Å². The van der Waals surface area contributed by atoms with Crippen LogP contribution in [0.3, 0.4) is 0 Å². The second-order valence-corrected chi connectivity index (χ2v) is 5.12. The Kier molecular flexibility index (Phi) is 3.22. The summed E-state index contributed by atoms with van der Waals surface area (Å²) in [6, 6.07) is 7.16. The summed E-state index contributed by atoms with van der Waals surface area (Å²) in [5, 5.41) is 37.2. The average molecular weight is 266 g/mol. The number of hydrogen-bond acceptors (Lipinski definition) is 5. The van der Waals surface area contributed by atoms with Crippen LogP contribution < -0.4 is 0 Å². The molecule has 0 saturated carbocycles. The molecule has 18 heavy (non-hydrogen) atoms. The highest BCUT2D eigenvalue weighted by molar-refractivity contribution is 7.91. The van der Waals surface area contributed by atoms with Gasteiger partial charge in [-0.1, -0.05) is 0 Å². The zero-order chi connectivity index (χ0) is 13.3. The van der Waals surface area contributed by atoms with Gasteiger partial charge in [0.05, 0.1) is 0 Å². The van der Waals surface area contributed by atoms with Crippen molar-refractivity contribution >= 4 is 11.2 Å². The Balaban J connectivity index is 2.43. The van der Waals surface area contributed by atoms with E-state index >= 15 is 0 Å². The molecule has 0 bridgehead atoms. The number of rotatable bonds is 2. The minimum Gasteiger partial charge on any atom is -0.606 e. The molecule has 0 saturated heterocycles. The lowest BCUT2D eigenvalue weighted by molar-refractivity contribution is 0.446. The molecule has 0 amide bonds. The molecular formula is C12H10O5S. The maximum absolute atomic E-state index is 12.1. The zero-order valence-corrected chi connectivity index (χ0v) is 9.89. The van der Waals surface area contributed by atoms with Gasteiger partial charge in [0, 0.05) is 47.6 Å². The standard InChI is InChI=1S/C12H10O5S/c13-7-1-8(14)4-11(3-7)18(17)12-5-9(15)2-10(16)6-12/h1-6,13-16H. The van der Waals surface area contributed by atoms with E-state index in [1.54, 1.807) is 0 Å². The fourth-order valence-corrected chi connectivity index (χ4v) is 2.67. The number of benzene rings is 2. The molecule has 4 N–H and O–H groups in total. The van der Waals surface area contributed by atoms with Crippen LogP contribution in [0.2, 0.25) is 0 Å². The summed E-state index contributed by atoms with van der Waals surface area (Å²) in [6.45, 7) is 0. The first kappa shape index (κ1) is 12.4. The molecule has 2 aromatic rings. The number of aromatic hydroxyl groups is 4. The predicted molar refractivity (Wildman–Crippen MR) is 64.2 cm³/mol. The van der Waals surface area contributed by atoms with Crippen molar-refractivity contribution in [1.29, 1.82) is 0 Å². The van der Waals surface area contributed by atoms with Gasteiger partial charge >= 0.3 is 0 Å². The first-order chi connectivity index (χ1) is 8.45. The summed E-state index contributed by atoms with van der Waals surface area (Å²) in [4.78, 5) is 0.329. The summed E-state index contributed by atoms with van der Waals surface area (Å²) < 4.78 is 12.1. The Bertz CT molecular complexity index is 493. The molecule has 2 aromatic carbocycles. The van der Waals surface area contributed by atoms with Crippen molar-refractivity contribution in [3.8, 4) is 23.0 Å². The third-order valence-electron chi connectivity index (χ3n) is 2.18. The van der Waals surface area contributed by atoms with Gasteiger partial charge in [0.15, 0.2) is 9.79 Å². The van der Waals surface area contributed by atoms with Gasteiger partial charge in [-0.05, 0) is 0 Å². The van der Waals surface area contributed by atoms with E-state index < -0.39 is 11.2 Å². The summed E-state index contributed by atoms with van der Waals surface area (Å²) in [6.07, 6.45) is 0. The Labute approximate surface area is 106 Å². The molecule has 0 aliphatic heterocycles. The lowest BCUT2D eigenvalue weighted by Gasteiger charge is -2.11. The van der Waals surface area contributed by atoms with Gasteiger partial charge in [-0.15, -0.1) is 0 Å². The second-order valence-electron chi connectivity index (χ2n) is 3.64. The van der Waals surface area contributed by atoms with Crippen LogP contribution in [0.25, 0.3) is 0 Å². The van der Waals surface area contributed by atoms with E-state index in [4.69, 9.17) is 0 Å². The molecule has 94 valence electrons. The molecule has 0 aromatic heterocycles. The van der Waals surface area contributed by atoms with Gasteiger partial charge in [-0.2, -0.15) is 0 Å². The number of phenols is 4. The fraction of sp³-hybridized carbons (Fsp3) is 0. The highest BCUT2D eigenvalue weighted by Crippen LogP contribution is 2.31. The molecule has 0 spiro atoms. The Morgan fingerprint density at radius 3 is 1.17 bits per heavy atom. The van der Waals surface area contributed by atoms with E-state index in [0.29, 0.717) is 0 Å². The zero-order valence-electron chi connectivity index (χ0n) is 9.07. The number of phenolic OH excluding ortho intramolecular Hbond substituents is 4. The van der Waals surface area contributed by atoms with Crippen molar-refractivity contribution in [1.82, 2.24) is 0 Å².